The quantitative estimate of drug-likeness (QED) is 0.909. The molecule has 114 valence electrons. The summed E-state index contributed by atoms with van der Waals surface area (Å²) >= 11 is 0. The monoisotopic (exact) mass is 289 g/mol. The molecule has 2 rings (SSSR count). The van der Waals surface area contributed by atoms with Gasteiger partial charge in [-0.15, -0.1) is 0 Å². The van der Waals surface area contributed by atoms with Crippen LogP contribution in [0.5, 0.6) is 0 Å². The zero-order valence-electron chi connectivity index (χ0n) is 13.4. The number of hydrogen-bond donors (Lipinski definition) is 1. The molecule has 0 bridgehead atoms. The minimum absolute atomic E-state index is 0.227. The van der Waals surface area contributed by atoms with E-state index in [-0.39, 0.29) is 5.82 Å². The number of nitrogens with one attached hydrogen (secondary N) is 1. The largest absolute Gasteiger partial charge is 0.314 e. The van der Waals surface area contributed by atoms with Crippen LogP contribution in [0.2, 0.25) is 0 Å². The highest BCUT2D eigenvalue weighted by Gasteiger charge is 2.18. The molecule has 1 N–H and O–H groups in total. The summed E-state index contributed by atoms with van der Waals surface area (Å²) in [5.74, 6) is 0.164. The zero-order valence-corrected chi connectivity index (χ0v) is 13.4. The highest BCUT2D eigenvalue weighted by molar-refractivity contribution is 5.38. The molecule has 0 amide bonds. The maximum atomic E-state index is 13.1. The van der Waals surface area contributed by atoms with E-state index in [1.54, 1.807) is 12.1 Å². The van der Waals surface area contributed by atoms with Crippen molar-refractivity contribution < 1.29 is 4.39 Å². The van der Waals surface area contributed by atoms with E-state index in [9.17, 15) is 4.39 Å². The number of aryl methyl sites for hydroxylation is 1. The Balaban J connectivity index is 2.31. The molecule has 1 heterocycles. The van der Waals surface area contributed by atoms with Gasteiger partial charge in [-0.2, -0.15) is 5.10 Å². The Morgan fingerprint density at radius 1 is 1.14 bits per heavy atom. The lowest BCUT2D eigenvalue weighted by atomic mass is 9.99. The Morgan fingerprint density at radius 2 is 1.76 bits per heavy atom. The van der Waals surface area contributed by atoms with Gasteiger partial charge < -0.3 is 5.32 Å². The minimum atomic E-state index is -0.227. The lowest BCUT2D eigenvalue weighted by Gasteiger charge is -2.16. The third-order valence-electron chi connectivity index (χ3n) is 3.74. The van der Waals surface area contributed by atoms with Crippen molar-refractivity contribution in [1.29, 1.82) is 0 Å². The fourth-order valence-corrected chi connectivity index (χ4v) is 2.72. The van der Waals surface area contributed by atoms with Gasteiger partial charge in [0.15, 0.2) is 0 Å². The topological polar surface area (TPSA) is 29.9 Å². The Labute approximate surface area is 126 Å². The molecule has 0 aliphatic heterocycles. The van der Waals surface area contributed by atoms with Crippen LogP contribution in [0.3, 0.4) is 0 Å². The van der Waals surface area contributed by atoms with Gasteiger partial charge in [0.2, 0.25) is 0 Å². The summed E-state index contributed by atoms with van der Waals surface area (Å²) in [5.41, 5.74) is 4.33. The molecule has 0 radical (unpaired) electrons. The molecule has 3 nitrogen and oxygen atoms in total. The van der Waals surface area contributed by atoms with Crippen molar-refractivity contribution in [2.24, 2.45) is 0 Å². The van der Waals surface area contributed by atoms with Crippen LogP contribution in [0, 0.1) is 19.7 Å². The van der Waals surface area contributed by atoms with E-state index in [4.69, 9.17) is 0 Å². The van der Waals surface area contributed by atoms with E-state index >= 15 is 0 Å². The molecule has 0 spiro atoms. The number of rotatable bonds is 5. The van der Waals surface area contributed by atoms with Gasteiger partial charge in [0.1, 0.15) is 5.82 Å². The van der Waals surface area contributed by atoms with Crippen molar-refractivity contribution in [3.8, 4) is 5.69 Å². The predicted octanol–water partition coefficient (Wildman–Crippen LogP) is 3.73. The SMILES string of the molecule is Cc1nn(-c2ccc(F)cc2)c(C)c1C(C)CNC(C)C. The summed E-state index contributed by atoms with van der Waals surface area (Å²) in [6.45, 7) is 11.5. The van der Waals surface area contributed by atoms with Crippen molar-refractivity contribution in [3.05, 3.63) is 47.0 Å². The molecule has 4 heteroatoms. The number of hydrogen-bond acceptors (Lipinski definition) is 2. The van der Waals surface area contributed by atoms with Crippen LogP contribution in [0.4, 0.5) is 4.39 Å². The van der Waals surface area contributed by atoms with E-state index in [1.807, 2.05) is 11.6 Å². The molecule has 21 heavy (non-hydrogen) atoms. The Kier molecular flexibility index (Phi) is 4.78. The molecule has 1 aromatic carbocycles. The molecule has 1 unspecified atom stereocenters. The molecule has 1 aromatic heterocycles. The average molecular weight is 289 g/mol. The Bertz CT molecular complexity index is 599. The number of aromatic nitrogens is 2. The van der Waals surface area contributed by atoms with Crippen LogP contribution < -0.4 is 5.32 Å². The summed E-state index contributed by atoms with van der Waals surface area (Å²) in [4.78, 5) is 0. The summed E-state index contributed by atoms with van der Waals surface area (Å²) in [6, 6.07) is 6.93. The van der Waals surface area contributed by atoms with Gasteiger partial charge in [-0.25, -0.2) is 9.07 Å². The predicted molar refractivity (Wildman–Crippen MR) is 84.5 cm³/mol. The first-order valence-corrected chi connectivity index (χ1v) is 7.45. The van der Waals surface area contributed by atoms with E-state index in [0.29, 0.717) is 12.0 Å². The van der Waals surface area contributed by atoms with Crippen molar-refractivity contribution in [2.75, 3.05) is 6.54 Å². The van der Waals surface area contributed by atoms with Crippen LogP contribution in [0.1, 0.15) is 43.6 Å². The van der Waals surface area contributed by atoms with E-state index in [1.165, 1.54) is 17.7 Å². The van der Waals surface area contributed by atoms with Gasteiger partial charge in [-0.05, 0) is 44.0 Å². The van der Waals surface area contributed by atoms with Gasteiger partial charge in [-0.1, -0.05) is 20.8 Å². The maximum absolute atomic E-state index is 13.1. The first kappa shape index (κ1) is 15.7. The molecule has 0 fully saturated rings. The second-order valence-corrected chi connectivity index (χ2v) is 5.94. The second-order valence-electron chi connectivity index (χ2n) is 5.94. The number of halogens is 1. The molecule has 2 aromatic rings. The van der Waals surface area contributed by atoms with Gasteiger partial charge in [0, 0.05) is 23.8 Å². The lowest BCUT2D eigenvalue weighted by Crippen LogP contribution is -2.27. The number of benzene rings is 1. The molecule has 0 saturated carbocycles. The third-order valence-corrected chi connectivity index (χ3v) is 3.74. The van der Waals surface area contributed by atoms with Crippen molar-refractivity contribution in [3.63, 3.8) is 0 Å². The van der Waals surface area contributed by atoms with Crippen molar-refractivity contribution in [2.45, 2.75) is 46.6 Å². The molecule has 0 aliphatic carbocycles. The maximum Gasteiger partial charge on any atom is 0.123 e. The van der Waals surface area contributed by atoms with Gasteiger partial charge in [0.05, 0.1) is 11.4 Å². The first-order chi connectivity index (χ1) is 9.90. The Morgan fingerprint density at radius 3 is 2.33 bits per heavy atom. The fourth-order valence-electron chi connectivity index (χ4n) is 2.72. The fraction of sp³-hybridized carbons (Fsp3) is 0.471. The van der Waals surface area contributed by atoms with Crippen LogP contribution in [0.25, 0.3) is 5.69 Å². The second kappa shape index (κ2) is 6.39. The van der Waals surface area contributed by atoms with Crippen LogP contribution >= 0.6 is 0 Å². The van der Waals surface area contributed by atoms with Crippen molar-refractivity contribution in [1.82, 2.24) is 15.1 Å². The first-order valence-electron chi connectivity index (χ1n) is 7.45. The third kappa shape index (κ3) is 3.50. The smallest absolute Gasteiger partial charge is 0.123 e. The summed E-state index contributed by atoms with van der Waals surface area (Å²) in [6.07, 6.45) is 0. The van der Waals surface area contributed by atoms with Crippen LogP contribution in [-0.2, 0) is 0 Å². The normalized spacial score (nSPS) is 12.9. The van der Waals surface area contributed by atoms with E-state index < -0.39 is 0 Å². The number of nitrogens with zero attached hydrogens (tertiary/aromatic N) is 2. The minimum Gasteiger partial charge on any atom is -0.314 e. The average Bonchev–Trinajstić information content (AvgIpc) is 2.72. The van der Waals surface area contributed by atoms with Gasteiger partial charge in [-0.3, -0.25) is 0 Å². The van der Waals surface area contributed by atoms with Crippen LogP contribution in [0.15, 0.2) is 24.3 Å². The standard InChI is InChI=1S/C17H24FN3/c1-11(2)19-10-12(3)17-13(4)20-21(14(17)5)16-8-6-15(18)7-9-16/h6-9,11-12,19H,10H2,1-5H3. The van der Waals surface area contributed by atoms with Gasteiger partial charge in [0.25, 0.3) is 0 Å². The summed E-state index contributed by atoms with van der Waals surface area (Å²) in [7, 11) is 0. The van der Waals surface area contributed by atoms with E-state index in [2.05, 4.69) is 38.1 Å². The van der Waals surface area contributed by atoms with E-state index in [0.717, 1.165) is 23.6 Å². The molecule has 0 saturated heterocycles. The summed E-state index contributed by atoms with van der Waals surface area (Å²) in [5, 5.41) is 8.09. The Hall–Kier alpha value is -1.68. The highest BCUT2D eigenvalue weighted by atomic mass is 19.1. The molecule has 1 atom stereocenters. The molecule has 0 aliphatic rings. The van der Waals surface area contributed by atoms with Crippen LogP contribution in [-0.4, -0.2) is 22.4 Å². The highest BCUT2D eigenvalue weighted by Crippen LogP contribution is 2.25. The summed E-state index contributed by atoms with van der Waals surface area (Å²) < 4.78 is 15.0. The molecular formula is C17H24FN3. The lowest BCUT2D eigenvalue weighted by molar-refractivity contribution is 0.546. The van der Waals surface area contributed by atoms with Crippen molar-refractivity contribution >= 4 is 0 Å². The zero-order chi connectivity index (χ0) is 15.6. The molecular weight excluding hydrogens is 265 g/mol. The van der Waals surface area contributed by atoms with Gasteiger partial charge >= 0.3 is 0 Å².